The van der Waals surface area contributed by atoms with Gasteiger partial charge in [-0.1, -0.05) is 38.0 Å². The lowest BCUT2D eigenvalue weighted by Crippen LogP contribution is -2.41. The maximum Gasteiger partial charge on any atom is 0.326 e. The molecule has 0 bridgehead atoms. The number of aromatic nitrogens is 2. The van der Waals surface area contributed by atoms with Crippen molar-refractivity contribution in [1.29, 1.82) is 0 Å². The van der Waals surface area contributed by atoms with Crippen molar-refractivity contribution in [2.75, 3.05) is 6.54 Å². The number of aryl methyl sites for hydroxylation is 1. The number of aliphatic carboxylic acids is 1. The number of rotatable bonds is 6. The smallest absolute Gasteiger partial charge is 0.326 e. The molecule has 3 rings (SSSR count). The van der Waals surface area contributed by atoms with E-state index in [9.17, 15) is 19.5 Å². The quantitative estimate of drug-likeness (QED) is 0.801. The van der Waals surface area contributed by atoms with Crippen LogP contribution in [0.3, 0.4) is 0 Å². The average molecular weight is 357 g/mol. The van der Waals surface area contributed by atoms with Gasteiger partial charge in [0.2, 0.25) is 0 Å². The van der Waals surface area contributed by atoms with Gasteiger partial charge in [-0.2, -0.15) is 5.10 Å². The topological polar surface area (TPSA) is 92.5 Å². The van der Waals surface area contributed by atoms with E-state index in [1.807, 2.05) is 0 Å². The molecular formula is C19H23N3O4. The Morgan fingerprint density at radius 1 is 1.23 bits per heavy atom. The first kappa shape index (κ1) is 18.1. The van der Waals surface area contributed by atoms with Crippen LogP contribution >= 0.6 is 0 Å². The van der Waals surface area contributed by atoms with E-state index in [-0.39, 0.29) is 11.3 Å². The minimum Gasteiger partial charge on any atom is -0.480 e. The van der Waals surface area contributed by atoms with Crippen LogP contribution in [0.25, 0.3) is 10.8 Å². The van der Waals surface area contributed by atoms with Crippen LogP contribution in [0.5, 0.6) is 0 Å². The maximum atomic E-state index is 13.1. The largest absolute Gasteiger partial charge is 0.480 e. The van der Waals surface area contributed by atoms with Gasteiger partial charge in [0.1, 0.15) is 6.04 Å². The van der Waals surface area contributed by atoms with Crippen molar-refractivity contribution >= 4 is 22.6 Å². The molecule has 0 saturated carbocycles. The molecule has 0 aliphatic carbocycles. The monoisotopic (exact) mass is 357 g/mol. The highest BCUT2D eigenvalue weighted by molar-refractivity contribution is 6.05. The van der Waals surface area contributed by atoms with E-state index in [4.69, 9.17) is 0 Å². The summed E-state index contributed by atoms with van der Waals surface area (Å²) < 4.78 is 1.34. The molecular weight excluding hydrogens is 334 g/mol. The molecule has 138 valence electrons. The number of likely N-dealkylation sites (tertiary alicyclic amines) is 1. The van der Waals surface area contributed by atoms with Crippen LogP contribution in [0, 0.1) is 0 Å². The Labute approximate surface area is 151 Å². The van der Waals surface area contributed by atoms with Crippen molar-refractivity contribution in [3.63, 3.8) is 0 Å². The average Bonchev–Trinajstić information content (AvgIpc) is 3.13. The number of fused-ring (bicyclic) bond motifs is 1. The molecule has 1 saturated heterocycles. The molecule has 7 nitrogen and oxygen atoms in total. The molecule has 1 fully saturated rings. The number of amides is 1. The SMILES string of the molecule is CCCCCn1nc(C(=O)N2CCC[C@H]2C(=O)O)c2ccccc2c1=O. The normalized spacial score (nSPS) is 17.0. The molecule has 0 spiro atoms. The van der Waals surface area contributed by atoms with Crippen molar-refractivity contribution < 1.29 is 14.7 Å². The molecule has 0 radical (unpaired) electrons. The van der Waals surface area contributed by atoms with Gasteiger partial charge in [-0.3, -0.25) is 9.59 Å². The number of benzene rings is 1. The van der Waals surface area contributed by atoms with Crippen LogP contribution in [0.2, 0.25) is 0 Å². The molecule has 1 amide bonds. The summed E-state index contributed by atoms with van der Waals surface area (Å²) in [5.41, 5.74) is -0.0608. The zero-order chi connectivity index (χ0) is 18.7. The Hall–Kier alpha value is -2.70. The molecule has 1 N–H and O–H groups in total. The maximum absolute atomic E-state index is 13.1. The fourth-order valence-electron chi connectivity index (χ4n) is 3.46. The Balaban J connectivity index is 2.06. The first-order valence-corrected chi connectivity index (χ1v) is 9.08. The van der Waals surface area contributed by atoms with E-state index in [1.54, 1.807) is 24.3 Å². The Morgan fingerprint density at radius 3 is 2.65 bits per heavy atom. The van der Waals surface area contributed by atoms with Crippen molar-refractivity contribution in [3.05, 3.63) is 40.3 Å². The standard InChI is InChI=1S/C19H23N3O4/c1-2-3-6-12-22-17(23)14-9-5-4-8-13(14)16(20-22)18(24)21-11-7-10-15(21)19(25)26/h4-5,8-9,15H,2-3,6-7,10-12H2,1H3,(H,25,26)/t15-/m0/s1. The lowest BCUT2D eigenvalue weighted by molar-refractivity contribution is -0.141. The van der Waals surface area contributed by atoms with Gasteiger partial charge in [0.25, 0.3) is 11.5 Å². The molecule has 1 aromatic heterocycles. The third-order valence-corrected chi connectivity index (χ3v) is 4.84. The molecule has 0 unspecified atom stereocenters. The number of unbranched alkanes of at least 4 members (excludes halogenated alkanes) is 2. The molecule has 7 heteroatoms. The lowest BCUT2D eigenvalue weighted by atomic mass is 10.1. The number of hydrogen-bond acceptors (Lipinski definition) is 4. The van der Waals surface area contributed by atoms with Crippen molar-refractivity contribution in [1.82, 2.24) is 14.7 Å². The fraction of sp³-hybridized carbons (Fsp3) is 0.474. The first-order chi connectivity index (χ1) is 12.5. The summed E-state index contributed by atoms with van der Waals surface area (Å²) in [6, 6.07) is 6.05. The minimum atomic E-state index is -1.00. The van der Waals surface area contributed by atoms with Crippen LogP contribution in [-0.4, -0.2) is 44.3 Å². The summed E-state index contributed by atoms with van der Waals surface area (Å²) >= 11 is 0. The van der Waals surface area contributed by atoms with Crippen LogP contribution in [0.15, 0.2) is 29.1 Å². The van der Waals surface area contributed by atoms with Crippen LogP contribution in [-0.2, 0) is 11.3 Å². The number of carboxylic acid groups (broad SMARTS) is 1. The number of carbonyl (C=O) groups excluding carboxylic acids is 1. The van der Waals surface area contributed by atoms with Gasteiger partial charge in [0.05, 0.1) is 5.39 Å². The molecule has 2 heterocycles. The van der Waals surface area contributed by atoms with Gasteiger partial charge in [0.15, 0.2) is 5.69 Å². The van der Waals surface area contributed by atoms with Gasteiger partial charge in [-0.05, 0) is 25.3 Å². The minimum absolute atomic E-state index is 0.157. The zero-order valence-electron chi connectivity index (χ0n) is 14.9. The van der Waals surface area contributed by atoms with E-state index >= 15 is 0 Å². The van der Waals surface area contributed by atoms with Gasteiger partial charge in [-0.25, -0.2) is 9.48 Å². The number of hydrogen-bond donors (Lipinski definition) is 1. The second kappa shape index (κ2) is 7.68. The summed E-state index contributed by atoms with van der Waals surface area (Å²) in [5, 5.41) is 14.6. The molecule has 1 aliphatic heterocycles. The van der Waals surface area contributed by atoms with Gasteiger partial charge >= 0.3 is 5.97 Å². The molecule has 2 aromatic rings. The van der Waals surface area contributed by atoms with E-state index in [1.165, 1.54) is 9.58 Å². The number of nitrogens with zero attached hydrogens (tertiary/aromatic N) is 3. The van der Waals surface area contributed by atoms with Gasteiger partial charge < -0.3 is 10.0 Å². The van der Waals surface area contributed by atoms with Crippen molar-refractivity contribution in [2.24, 2.45) is 0 Å². The van der Waals surface area contributed by atoms with E-state index in [0.29, 0.717) is 36.7 Å². The van der Waals surface area contributed by atoms with Gasteiger partial charge in [0, 0.05) is 18.5 Å². The number of carbonyl (C=O) groups is 2. The highest BCUT2D eigenvalue weighted by atomic mass is 16.4. The van der Waals surface area contributed by atoms with Crippen LogP contribution < -0.4 is 5.56 Å². The Bertz CT molecular complexity index is 890. The highest BCUT2D eigenvalue weighted by Gasteiger charge is 2.36. The summed E-state index contributed by atoms with van der Waals surface area (Å²) in [6.07, 6.45) is 3.88. The number of carboxylic acids is 1. The van der Waals surface area contributed by atoms with E-state index in [0.717, 1.165) is 19.3 Å². The first-order valence-electron chi connectivity index (χ1n) is 9.08. The third-order valence-electron chi connectivity index (χ3n) is 4.84. The zero-order valence-corrected chi connectivity index (χ0v) is 14.9. The fourth-order valence-corrected chi connectivity index (χ4v) is 3.46. The lowest BCUT2D eigenvalue weighted by Gasteiger charge is -2.22. The second-order valence-electron chi connectivity index (χ2n) is 6.62. The van der Waals surface area contributed by atoms with Crippen molar-refractivity contribution in [2.45, 2.75) is 51.6 Å². The molecule has 26 heavy (non-hydrogen) atoms. The molecule has 1 aliphatic rings. The predicted octanol–water partition coefficient (Wildman–Crippen LogP) is 2.28. The third kappa shape index (κ3) is 3.34. The second-order valence-corrected chi connectivity index (χ2v) is 6.62. The van der Waals surface area contributed by atoms with Gasteiger partial charge in [-0.15, -0.1) is 0 Å². The van der Waals surface area contributed by atoms with E-state index in [2.05, 4.69) is 12.0 Å². The van der Waals surface area contributed by atoms with Crippen LogP contribution in [0.1, 0.15) is 49.5 Å². The Kier molecular flexibility index (Phi) is 5.35. The molecule has 1 aromatic carbocycles. The summed E-state index contributed by atoms with van der Waals surface area (Å²) in [7, 11) is 0. The Morgan fingerprint density at radius 2 is 1.96 bits per heavy atom. The van der Waals surface area contributed by atoms with Crippen molar-refractivity contribution in [3.8, 4) is 0 Å². The summed E-state index contributed by atoms with van der Waals surface area (Å²) in [4.78, 5) is 38.5. The predicted molar refractivity (Wildman–Crippen MR) is 97.2 cm³/mol. The highest BCUT2D eigenvalue weighted by Crippen LogP contribution is 2.22. The van der Waals surface area contributed by atoms with E-state index < -0.39 is 17.9 Å². The summed E-state index contributed by atoms with van der Waals surface area (Å²) in [6.45, 7) is 2.91. The summed E-state index contributed by atoms with van der Waals surface area (Å²) in [5.74, 6) is -1.42. The molecule has 1 atom stereocenters. The van der Waals surface area contributed by atoms with Crippen LogP contribution in [0.4, 0.5) is 0 Å².